The summed E-state index contributed by atoms with van der Waals surface area (Å²) in [6.45, 7) is 4.39. The molecule has 0 bridgehead atoms. The Bertz CT molecular complexity index is 366. The minimum atomic E-state index is 0.0169. The van der Waals surface area contributed by atoms with E-state index in [0.29, 0.717) is 24.5 Å². The second kappa shape index (κ2) is 6.78. The van der Waals surface area contributed by atoms with Crippen molar-refractivity contribution in [1.82, 2.24) is 5.32 Å². The summed E-state index contributed by atoms with van der Waals surface area (Å²) >= 11 is 0. The van der Waals surface area contributed by atoms with Gasteiger partial charge in [-0.2, -0.15) is 0 Å². The van der Waals surface area contributed by atoms with Crippen molar-refractivity contribution in [2.75, 3.05) is 12.3 Å². The third-order valence-electron chi connectivity index (χ3n) is 2.48. The van der Waals surface area contributed by atoms with Crippen molar-refractivity contribution < 1.29 is 9.53 Å². The van der Waals surface area contributed by atoms with Crippen molar-refractivity contribution >= 4 is 11.6 Å². The summed E-state index contributed by atoms with van der Waals surface area (Å²) in [7, 11) is 0. The van der Waals surface area contributed by atoms with Gasteiger partial charge >= 0.3 is 0 Å². The number of anilines is 1. The normalized spacial score (nSPS) is 11.9. The lowest BCUT2D eigenvalue weighted by Crippen LogP contribution is -2.32. The zero-order chi connectivity index (χ0) is 12.7. The highest BCUT2D eigenvalue weighted by Crippen LogP contribution is 2.14. The molecule has 0 aliphatic rings. The van der Waals surface area contributed by atoms with Crippen LogP contribution in [0.5, 0.6) is 5.75 Å². The highest BCUT2D eigenvalue weighted by atomic mass is 16.5. The average Bonchev–Trinajstić information content (AvgIpc) is 2.29. The number of ether oxygens (including phenoxy) is 1. The molecule has 1 rings (SSSR count). The molecule has 3 N–H and O–H groups in total. The summed E-state index contributed by atoms with van der Waals surface area (Å²) in [6.07, 6.45) is 1.29. The number of carbonyl (C=O) groups excluding carboxylic acids is 1. The van der Waals surface area contributed by atoms with E-state index in [4.69, 9.17) is 10.5 Å². The third-order valence-corrected chi connectivity index (χ3v) is 2.48. The molecule has 1 aromatic rings. The molecule has 1 unspecified atom stereocenters. The number of rotatable bonds is 6. The molecule has 0 aliphatic heterocycles. The fourth-order valence-corrected chi connectivity index (χ4v) is 1.31. The topological polar surface area (TPSA) is 64.3 Å². The second-order valence-electron chi connectivity index (χ2n) is 4.05. The van der Waals surface area contributed by atoms with Gasteiger partial charge in [0.2, 0.25) is 5.91 Å². The molecule has 1 aromatic carbocycles. The smallest absolute Gasteiger partial charge is 0.223 e. The van der Waals surface area contributed by atoms with E-state index in [0.717, 1.165) is 6.42 Å². The van der Waals surface area contributed by atoms with Gasteiger partial charge in [-0.05, 0) is 25.5 Å². The zero-order valence-corrected chi connectivity index (χ0v) is 10.4. The monoisotopic (exact) mass is 236 g/mol. The maximum atomic E-state index is 11.5. The van der Waals surface area contributed by atoms with Gasteiger partial charge < -0.3 is 15.8 Å². The largest absolute Gasteiger partial charge is 0.493 e. The fraction of sp³-hybridized carbons (Fsp3) is 0.462. The van der Waals surface area contributed by atoms with Crippen LogP contribution in [0.1, 0.15) is 26.7 Å². The van der Waals surface area contributed by atoms with Gasteiger partial charge in [0.1, 0.15) is 5.75 Å². The molecule has 1 atom stereocenters. The van der Waals surface area contributed by atoms with Crippen LogP contribution >= 0.6 is 0 Å². The Hall–Kier alpha value is -1.71. The molecule has 1 amide bonds. The van der Waals surface area contributed by atoms with Crippen LogP contribution < -0.4 is 15.8 Å². The number of amides is 1. The molecule has 4 nitrogen and oxygen atoms in total. The summed E-state index contributed by atoms with van der Waals surface area (Å²) < 4.78 is 5.43. The zero-order valence-electron chi connectivity index (χ0n) is 10.4. The Labute approximate surface area is 102 Å². The van der Waals surface area contributed by atoms with Gasteiger partial charge in [-0.3, -0.25) is 4.79 Å². The van der Waals surface area contributed by atoms with Crippen molar-refractivity contribution in [3.8, 4) is 5.75 Å². The van der Waals surface area contributed by atoms with Crippen molar-refractivity contribution in [2.24, 2.45) is 0 Å². The average molecular weight is 236 g/mol. The highest BCUT2D eigenvalue weighted by molar-refractivity contribution is 5.76. The molecule has 0 saturated carbocycles. The first-order chi connectivity index (χ1) is 8.11. The van der Waals surface area contributed by atoms with Crippen molar-refractivity contribution in [1.29, 1.82) is 0 Å². The van der Waals surface area contributed by atoms with Crippen LogP contribution in [0, 0.1) is 0 Å². The van der Waals surface area contributed by atoms with Crippen LogP contribution in [0.25, 0.3) is 0 Å². The summed E-state index contributed by atoms with van der Waals surface area (Å²) in [5.74, 6) is 0.713. The first kappa shape index (κ1) is 13.4. The molecular weight excluding hydrogens is 216 g/mol. The Morgan fingerprint density at radius 2 is 2.29 bits per heavy atom. The van der Waals surface area contributed by atoms with Crippen LogP contribution in [0.2, 0.25) is 0 Å². The predicted molar refractivity (Wildman–Crippen MR) is 68.9 cm³/mol. The lowest BCUT2D eigenvalue weighted by molar-refractivity contribution is -0.122. The standard InChI is InChI=1S/C13H20N2O2/c1-3-10(2)15-13(16)7-8-17-12-6-4-5-11(14)9-12/h4-6,9-10H,3,7-8,14H2,1-2H3,(H,15,16). The fourth-order valence-electron chi connectivity index (χ4n) is 1.31. The van der Waals surface area contributed by atoms with Gasteiger partial charge in [0.25, 0.3) is 0 Å². The summed E-state index contributed by atoms with van der Waals surface area (Å²) in [6, 6.07) is 7.40. The molecule has 0 saturated heterocycles. The van der Waals surface area contributed by atoms with Gasteiger partial charge in [0.15, 0.2) is 0 Å². The molecule has 94 valence electrons. The van der Waals surface area contributed by atoms with Crippen LogP contribution in [0.15, 0.2) is 24.3 Å². The lowest BCUT2D eigenvalue weighted by Gasteiger charge is -2.11. The first-order valence-electron chi connectivity index (χ1n) is 5.89. The van der Waals surface area contributed by atoms with E-state index < -0.39 is 0 Å². The van der Waals surface area contributed by atoms with Gasteiger partial charge in [-0.25, -0.2) is 0 Å². The third kappa shape index (κ3) is 5.24. The van der Waals surface area contributed by atoms with Crippen LogP contribution in [0.4, 0.5) is 5.69 Å². The number of hydrogen-bond acceptors (Lipinski definition) is 3. The maximum absolute atomic E-state index is 11.5. The van der Waals surface area contributed by atoms with E-state index >= 15 is 0 Å². The van der Waals surface area contributed by atoms with Crippen LogP contribution in [0.3, 0.4) is 0 Å². The quantitative estimate of drug-likeness (QED) is 0.742. The van der Waals surface area contributed by atoms with Crippen LogP contribution in [-0.4, -0.2) is 18.6 Å². The maximum Gasteiger partial charge on any atom is 0.223 e. The number of hydrogen-bond donors (Lipinski definition) is 2. The van der Waals surface area contributed by atoms with E-state index in [2.05, 4.69) is 5.32 Å². The van der Waals surface area contributed by atoms with E-state index in [9.17, 15) is 4.79 Å². The number of carbonyl (C=O) groups is 1. The van der Waals surface area contributed by atoms with E-state index in [1.807, 2.05) is 26.0 Å². The van der Waals surface area contributed by atoms with Crippen LogP contribution in [-0.2, 0) is 4.79 Å². The van der Waals surface area contributed by atoms with Gasteiger partial charge in [0, 0.05) is 17.8 Å². The molecule has 0 aromatic heterocycles. The minimum absolute atomic E-state index is 0.0169. The molecular formula is C13H20N2O2. The van der Waals surface area contributed by atoms with E-state index in [1.165, 1.54) is 0 Å². The first-order valence-corrected chi connectivity index (χ1v) is 5.89. The Morgan fingerprint density at radius 3 is 2.94 bits per heavy atom. The van der Waals surface area contributed by atoms with Crippen molar-refractivity contribution in [3.63, 3.8) is 0 Å². The van der Waals surface area contributed by atoms with Gasteiger partial charge in [-0.15, -0.1) is 0 Å². The van der Waals surface area contributed by atoms with Gasteiger partial charge in [0.05, 0.1) is 13.0 Å². The molecule has 0 spiro atoms. The molecule has 0 aliphatic carbocycles. The summed E-state index contributed by atoms with van der Waals surface area (Å²) in [5, 5.41) is 2.88. The van der Waals surface area contributed by atoms with E-state index in [-0.39, 0.29) is 11.9 Å². The molecule has 17 heavy (non-hydrogen) atoms. The Kier molecular flexibility index (Phi) is 5.33. The Balaban J connectivity index is 2.26. The molecule has 4 heteroatoms. The molecule has 0 heterocycles. The SMILES string of the molecule is CCC(C)NC(=O)CCOc1cccc(N)c1. The number of nitrogens with one attached hydrogen (secondary N) is 1. The number of benzene rings is 1. The summed E-state index contributed by atoms with van der Waals surface area (Å²) in [5.41, 5.74) is 6.27. The Morgan fingerprint density at radius 1 is 1.53 bits per heavy atom. The highest BCUT2D eigenvalue weighted by Gasteiger charge is 2.05. The van der Waals surface area contributed by atoms with Gasteiger partial charge in [-0.1, -0.05) is 13.0 Å². The molecule has 0 radical (unpaired) electrons. The summed E-state index contributed by atoms with van der Waals surface area (Å²) in [4.78, 5) is 11.5. The molecule has 0 fully saturated rings. The van der Waals surface area contributed by atoms with E-state index in [1.54, 1.807) is 12.1 Å². The minimum Gasteiger partial charge on any atom is -0.493 e. The van der Waals surface area contributed by atoms with Crippen molar-refractivity contribution in [2.45, 2.75) is 32.7 Å². The number of nitrogens with two attached hydrogens (primary N) is 1. The van der Waals surface area contributed by atoms with Crippen molar-refractivity contribution in [3.05, 3.63) is 24.3 Å². The second-order valence-corrected chi connectivity index (χ2v) is 4.05. The lowest BCUT2D eigenvalue weighted by atomic mass is 10.2. The predicted octanol–water partition coefficient (Wildman–Crippen LogP) is 1.95. The number of nitrogen functional groups attached to an aromatic ring is 1.